The van der Waals surface area contributed by atoms with Gasteiger partial charge >= 0.3 is 6.09 Å². The van der Waals surface area contributed by atoms with Crippen molar-refractivity contribution in [3.8, 4) is 0 Å². The topological polar surface area (TPSA) is 55.8 Å². The number of carbonyl (C=O) groups is 2. The first-order valence-corrected chi connectivity index (χ1v) is 14.5. The third-order valence-corrected chi connectivity index (χ3v) is 11.9. The third kappa shape index (κ3) is 5.45. The lowest BCUT2D eigenvalue weighted by atomic mass is 10.0. The lowest BCUT2D eigenvalue weighted by Gasteiger charge is -2.44. The van der Waals surface area contributed by atoms with Gasteiger partial charge in [0.15, 0.2) is 0 Å². The minimum atomic E-state index is -2.78. The zero-order valence-corrected chi connectivity index (χ0v) is 22.4. The zero-order chi connectivity index (χ0) is 25.6. The molecule has 1 atom stereocenters. The molecule has 2 amide bonds. The largest absolute Gasteiger partial charge is 0.444 e. The highest BCUT2D eigenvalue weighted by molar-refractivity contribution is 6.99. The van der Waals surface area contributed by atoms with E-state index in [1.165, 1.54) is 15.3 Å². The standard InChI is InChI=1S/C30H35NO4Si/c1-30(2,3)36(26-17-9-5-10-18-26,27-19-11-6-12-20-27)35-23-25-16-13-21-28(32)31(25)29(33)34-22-24-14-7-4-8-15-24/h4-12,14-15,17-20,25H,13,16,21-23H2,1-3H3/t25-/m0/s1. The van der Waals surface area contributed by atoms with Crippen molar-refractivity contribution in [1.82, 2.24) is 4.90 Å². The fourth-order valence-corrected chi connectivity index (χ4v) is 9.72. The summed E-state index contributed by atoms with van der Waals surface area (Å²) in [6.45, 7) is 7.07. The van der Waals surface area contributed by atoms with Gasteiger partial charge in [0.1, 0.15) is 6.61 Å². The number of likely N-dealkylation sites (tertiary alicyclic amines) is 1. The molecule has 5 nitrogen and oxygen atoms in total. The molecule has 1 aliphatic heterocycles. The molecular formula is C30H35NO4Si. The Hall–Kier alpha value is -3.22. The summed E-state index contributed by atoms with van der Waals surface area (Å²) < 4.78 is 12.6. The molecule has 0 radical (unpaired) electrons. The van der Waals surface area contributed by atoms with E-state index in [-0.39, 0.29) is 30.2 Å². The Morgan fingerprint density at radius 2 is 1.42 bits per heavy atom. The van der Waals surface area contributed by atoms with E-state index in [0.717, 1.165) is 12.0 Å². The van der Waals surface area contributed by atoms with Crippen LogP contribution in [0.1, 0.15) is 45.6 Å². The molecule has 0 aliphatic carbocycles. The second-order valence-corrected chi connectivity index (χ2v) is 14.6. The summed E-state index contributed by atoms with van der Waals surface area (Å²) >= 11 is 0. The van der Waals surface area contributed by atoms with Crippen LogP contribution in [0.4, 0.5) is 4.79 Å². The molecule has 1 saturated heterocycles. The normalized spacial score (nSPS) is 16.6. The summed E-state index contributed by atoms with van der Waals surface area (Å²) in [4.78, 5) is 27.3. The Morgan fingerprint density at radius 3 is 1.94 bits per heavy atom. The summed E-state index contributed by atoms with van der Waals surface area (Å²) in [5, 5.41) is 2.15. The van der Waals surface area contributed by atoms with E-state index in [2.05, 4.69) is 45.0 Å². The predicted molar refractivity (Wildman–Crippen MR) is 145 cm³/mol. The Labute approximate surface area is 215 Å². The van der Waals surface area contributed by atoms with Crippen molar-refractivity contribution < 1.29 is 18.8 Å². The molecule has 3 aromatic rings. The van der Waals surface area contributed by atoms with Crippen LogP contribution < -0.4 is 10.4 Å². The van der Waals surface area contributed by atoms with Gasteiger partial charge in [-0.1, -0.05) is 112 Å². The summed E-state index contributed by atoms with van der Waals surface area (Å²) in [6, 6.07) is 29.9. The minimum absolute atomic E-state index is 0.131. The molecule has 0 unspecified atom stereocenters. The van der Waals surface area contributed by atoms with Crippen LogP contribution in [0.5, 0.6) is 0 Å². The first-order chi connectivity index (χ1) is 17.3. The maximum Gasteiger partial charge on any atom is 0.417 e. The number of carbonyl (C=O) groups excluding carboxylic acids is 2. The quantitative estimate of drug-likeness (QED) is 0.413. The Bertz CT molecular complexity index is 1110. The number of hydrogen-bond acceptors (Lipinski definition) is 4. The molecule has 0 spiro atoms. The molecule has 3 aromatic carbocycles. The van der Waals surface area contributed by atoms with Crippen LogP contribution in [-0.2, 0) is 20.6 Å². The van der Waals surface area contributed by atoms with Crippen LogP contribution in [-0.4, -0.2) is 37.9 Å². The average molecular weight is 502 g/mol. The third-order valence-electron chi connectivity index (χ3n) is 6.87. The fraction of sp³-hybridized carbons (Fsp3) is 0.333. The maximum absolute atomic E-state index is 13.1. The number of nitrogens with zero attached hydrogens (tertiary/aromatic N) is 1. The molecule has 36 heavy (non-hydrogen) atoms. The summed E-state index contributed by atoms with van der Waals surface area (Å²) in [5.74, 6) is -0.199. The molecule has 1 aliphatic rings. The van der Waals surface area contributed by atoms with E-state index in [1.54, 1.807) is 0 Å². The number of piperidine rings is 1. The summed E-state index contributed by atoms with van der Waals surface area (Å²) in [5.41, 5.74) is 0.885. The molecule has 6 heteroatoms. The predicted octanol–water partition coefficient (Wildman–Crippen LogP) is 5.28. The molecule has 0 aromatic heterocycles. The fourth-order valence-electron chi connectivity index (χ4n) is 5.12. The molecule has 4 rings (SSSR count). The van der Waals surface area contributed by atoms with Crippen molar-refractivity contribution in [2.45, 2.75) is 57.7 Å². The smallest absolute Gasteiger partial charge is 0.417 e. The van der Waals surface area contributed by atoms with Gasteiger partial charge in [0.2, 0.25) is 5.91 Å². The Balaban J connectivity index is 1.61. The van der Waals surface area contributed by atoms with Crippen molar-refractivity contribution in [3.05, 3.63) is 96.6 Å². The average Bonchev–Trinajstić information content (AvgIpc) is 2.89. The Kier molecular flexibility index (Phi) is 8.06. The van der Waals surface area contributed by atoms with Gasteiger partial charge in [-0.05, 0) is 33.8 Å². The van der Waals surface area contributed by atoms with Crippen LogP contribution in [0.25, 0.3) is 0 Å². The SMILES string of the molecule is CC(C)(C)[Si](OC[C@@H]1CCCC(=O)N1C(=O)OCc1ccccc1)(c1ccccc1)c1ccccc1. The van der Waals surface area contributed by atoms with Gasteiger partial charge in [-0.15, -0.1) is 0 Å². The second-order valence-electron chi connectivity index (χ2n) is 10.3. The van der Waals surface area contributed by atoms with E-state index in [0.29, 0.717) is 12.8 Å². The van der Waals surface area contributed by atoms with Crippen LogP contribution in [0, 0.1) is 0 Å². The maximum atomic E-state index is 13.1. The number of ether oxygens (including phenoxy) is 1. The molecule has 188 valence electrons. The van der Waals surface area contributed by atoms with Crippen molar-refractivity contribution in [2.75, 3.05) is 6.61 Å². The molecular weight excluding hydrogens is 466 g/mol. The van der Waals surface area contributed by atoms with Gasteiger partial charge in [0.25, 0.3) is 8.32 Å². The first-order valence-electron chi connectivity index (χ1n) is 12.6. The number of rotatable bonds is 7. The van der Waals surface area contributed by atoms with Crippen LogP contribution in [0.3, 0.4) is 0 Å². The number of benzene rings is 3. The number of hydrogen-bond donors (Lipinski definition) is 0. The Morgan fingerprint density at radius 1 is 0.889 bits per heavy atom. The summed E-state index contributed by atoms with van der Waals surface area (Å²) in [7, 11) is -2.78. The molecule has 1 heterocycles. The first kappa shape index (κ1) is 25.9. The van der Waals surface area contributed by atoms with Crippen molar-refractivity contribution in [3.63, 3.8) is 0 Å². The number of amides is 2. The van der Waals surface area contributed by atoms with Crippen molar-refractivity contribution in [1.29, 1.82) is 0 Å². The summed E-state index contributed by atoms with van der Waals surface area (Å²) in [6.07, 6.45) is 1.18. The second kappa shape index (κ2) is 11.2. The van der Waals surface area contributed by atoms with Gasteiger partial charge in [-0.3, -0.25) is 4.79 Å². The van der Waals surface area contributed by atoms with E-state index < -0.39 is 14.4 Å². The van der Waals surface area contributed by atoms with Gasteiger partial charge in [0.05, 0.1) is 12.6 Å². The van der Waals surface area contributed by atoms with E-state index in [9.17, 15) is 9.59 Å². The van der Waals surface area contributed by atoms with Crippen molar-refractivity contribution >= 4 is 30.7 Å². The van der Waals surface area contributed by atoms with E-state index in [4.69, 9.17) is 9.16 Å². The lowest BCUT2D eigenvalue weighted by Crippen LogP contribution is -2.67. The van der Waals surface area contributed by atoms with Gasteiger partial charge in [-0.25, -0.2) is 9.69 Å². The van der Waals surface area contributed by atoms with Crippen molar-refractivity contribution in [2.24, 2.45) is 0 Å². The van der Waals surface area contributed by atoms with Gasteiger partial charge in [0, 0.05) is 6.42 Å². The van der Waals surface area contributed by atoms with Crippen LogP contribution >= 0.6 is 0 Å². The lowest BCUT2D eigenvalue weighted by molar-refractivity contribution is -0.135. The highest BCUT2D eigenvalue weighted by Gasteiger charge is 2.51. The van der Waals surface area contributed by atoms with Gasteiger partial charge < -0.3 is 9.16 Å². The number of imide groups is 1. The van der Waals surface area contributed by atoms with Crippen LogP contribution in [0.2, 0.25) is 5.04 Å². The molecule has 0 saturated carbocycles. The highest BCUT2D eigenvalue weighted by atomic mass is 28.4. The highest BCUT2D eigenvalue weighted by Crippen LogP contribution is 2.37. The minimum Gasteiger partial charge on any atom is -0.444 e. The zero-order valence-electron chi connectivity index (χ0n) is 21.4. The molecule has 1 fully saturated rings. The monoisotopic (exact) mass is 501 g/mol. The molecule has 0 N–H and O–H groups in total. The van der Waals surface area contributed by atoms with E-state index in [1.807, 2.05) is 66.7 Å². The van der Waals surface area contributed by atoms with Gasteiger partial charge in [-0.2, -0.15) is 0 Å². The van der Waals surface area contributed by atoms with Crippen LogP contribution in [0.15, 0.2) is 91.0 Å². The van der Waals surface area contributed by atoms with E-state index >= 15 is 0 Å². The molecule has 0 bridgehead atoms.